The normalized spacial score (nSPS) is 10.3. The van der Waals surface area contributed by atoms with Crippen LogP contribution < -0.4 is 5.43 Å². The number of rotatable bonds is 3. The molecule has 0 aliphatic rings. The number of aryl methyl sites for hydroxylation is 2. The van der Waals surface area contributed by atoms with E-state index in [4.69, 9.17) is 0 Å². The van der Waals surface area contributed by atoms with E-state index in [0.29, 0.717) is 5.56 Å². The number of Topliss-reactive ketones (excluding diaryl/α,β-unsaturated/α-hetero) is 1. The van der Waals surface area contributed by atoms with Crippen molar-refractivity contribution in [1.82, 2.24) is 4.57 Å². The molecule has 1 aromatic heterocycles. The molecule has 0 saturated heterocycles. The summed E-state index contributed by atoms with van der Waals surface area (Å²) in [4.78, 5) is 23.0. The van der Waals surface area contributed by atoms with Crippen LogP contribution in [0, 0.1) is 13.8 Å². The molecule has 0 unspecified atom stereocenters. The third-order valence-corrected chi connectivity index (χ3v) is 3.02. The van der Waals surface area contributed by atoms with Crippen molar-refractivity contribution >= 4 is 5.78 Å². The number of aromatic nitrogens is 1. The molecule has 2 rings (SSSR count). The number of benzene rings is 1. The monoisotopic (exact) mass is 241 g/mol. The fourth-order valence-electron chi connectivity index (χ4n) is 1.72. The molecule has 0 aliphatic heterocycles. The number of carbonyl (C=O) groups excluding carboxylic acids is 1. The zero-order chi connectivity index (χ0) is 13.1. The molecule has 0 fully saturated rings. The number of hydrogen-bond donors (Lipinski definition) is 0. The molecule has 0 spiro atoms. The Bertz CT molecular complexity index is 621. The Balaban J connectivity index is 2.19. The fraction of sp³-hybridized carbons (Fsp3) is 0.200. The Morgan fingerprint density at radius 1 is 1.06 bits per heavy atom. The van der Waals surface area contributed by atoms with E-state index < -0.39 is 0 Å². The summed E-state index contributed by atoms with van der Waals surface area (Å²) in [5, 5.41) is 0. The molecule has 3 nitrogen and oxygen atoms in total. The number of nitrogens with zero attached hydrogens (tertiary/aromatic N) is 1. The van der Waals surface area contributed by atoms with Gasteiger partial charge in [0.2, 0.25) is 0 Å². The Hall–Kier alpha value is -2.16. The first-order chi connectivity index (χ1) is 8.56. The summed E-state index contributed by atoms with van der Waals surface area (Å²) in [5.74, 6) is 0.0433. The lowest BCUT2D eigenvalue weighted by Gasteiger charge is -2.07. The second-order valence-electron chi connectivity index (χ2n) is 4.43. The second kappa shape index (κ2) is 5.00. The predicted octanol–water partition coefficient (Wildman–Crippen LogP) is 2.35. The first kappa shape index (κ1) is 12.3. The first-order valence-electron chi connectivity index (χ1n) is 5.83. The molecule has 0 atom stereocenters. The highest BCUT2D eigenvalue weighted by molar-refractivity contribution is 5.96. The highest BCUT2D eigenvalue weighted by Crippen LogP contribution is 2.11. The largest absolute Gasteiger partial charge is 0.346 e. The molecule has 0 N–H and O–H groups in total. The Morgan fingerprint density at radius 3 is 2.33 bits per heavy atom. The molecule has 1 aromatic carbocycles. The van der Waals surface area contributed by atoms with E-state index >= 15 is 0 Å². The molecule has 0 aliphatic carbocycles. The highest BCUT2D eigenvalue weighted by Gasteiger charge is 2.06. The van der Waals surface area contributed by atoms with Crippen molar-refractivity contribution in [3.05, 3.63) is 69.6 Å². The van der Waals surface area contributed by atoms with Crippen LogP contribution in [-0.4, -0.2) is 10.4 Å². The minimum atomic E-state index is -0.0510. The number of pyridine rings is 1. The summed E-state index contributed by atoms with van der Waals surface area (Å²) in [6, 6.07) is 8.60. The smallest absolute Gasteiger partial charge is 0.182 e. The van der Waals surface area contributed by atoms with E-state index in [9.17, 15) is 9.59 Å². The molecular formula is C15H15NO2. The van der Waals surface area contributed by atoms with Crippen LogP contribution in [0.5, 0.6) is 0 Å². The number of ketones is 1. The summed E-state index contributed by atoms with van der Waals surface area (Å²) in [7, 11) is 0. The summed E-state index contributed by atoms with van der Waals surface area (Å²) in [5.41, 5.74) is 2.94. The summed E-state index contributed by atoms with van der Waals surface area (Å²) in [6.07, 6.45) is 3.25. The maximum Gasteiger partial charge on any atom is 0.182 e. The minimum absolute atomic E-state index is 0.0433. The van der Waals surface area contributed by atoms with Gasteiger partial charge >= 0.3 is 0 Å². The average Bonchev–Trinajstić information content (AvgIpc) is 2.35. The number of carbonyl (C=O) groups is 1. The van der Waals surface area contributed by atoms with Crippen molar-refractivity contribution in [2.45, 2.75) is 20.4 Å². The lowest BCUT2D eigenvalue weighted by molar-refractivity contribution is 0.0972. The van der Waals surface area contributed by atoms with Crippen LogP contribution in [-0.2, 0) is 6.54 Å². The maximum atomic E-state index is 12.1. The van der Waals surface area contributed by atoms with Crippen molar-refractivity contribution in [3.63, 3.8) is 0 Å². The molecule has 1 heterocycles. The predicted molar refractivity (Wildman–Crippen MR) is 70.9 cm³/mol. The Morgan fingerprint density at radius 2 is 1.72 bits per heavy atom. The lowest BCUT2D eigenvalue weighted by Crippen LogP contribution is -2.12. The van der Waals surface area contributed by atoms with E-state index in [1.807, 2.05) is 32.0 Å². The molecule has 0 saturated carbocycles. The summed E-state index contributed by atoms with van der Waals surface area (Å²) >= 11 is 0. The van der Waals surface area contributed by atoms with Crippen molar-refractivity contribution in [3.8, 4) is 0 Å². The Kier molecular flexibility index (Phi) is 3.42. The highest BCUT2D eigenvalue weighted by atomic mass is 16.1. The van der Waals surface area contributed by atoms with Crippen molar-refractivity contribution < 1.29 is 4.79 Å². The summed E-state index contributed by atoms with van der Waals surface area (Å²) < 4.78 is 1.71. The molecular weight excluding hydrogens is 226 g/mol. The van der Waals surface area contributed by atoms with Crippen molar-refractivity contribution in [1.29, 1.82) is 0 Å². The van der Waals surface area contributed by atoms with Gasteiger partial charge in [-0.05, 0) is 31.0 Å². The van der Waals surface area contributed by atoms with Gasteiger partial charge in [0.15, 0.2) is 11.2 Å². The average molecular weight is 241 g/mol. The SMILES string of the molecule is Cc1ccc(C(=O)Cn2ccc(=O)cc2)cc1C. The van der Waals surface area contributed by atoms with Gasteiger partial charge in [-0.15, -0.1) is 0 Å². The lowest BCUT2D eigenvalue weighted by atomic mass is 10.0. The Labute approximate surface area is 106 Å². The van der Waals surface area contributed by atoms with Gasteiger partial charge in [0.1, 0.15) is 0 Å². The van der Waals surface area contributed by atoms with Crippen LogP contribution in [0.3, 0.4) is 0 Å². The van der Waals surface area contributed by atoms with Gasteiger partial charge in [-0.3, -0.25) is 9.59 Å². The molecule has 18 heavy (non-hydrogen) atoms. The zero-order valence-corrected chi connectivity index (χ0v) is 10.5. The van der Waals surface area contributed by atoms with E-state index in [-0.39, 0.29) is 17.8 Å². The second-order valence-corrected chi connectivity index (χ2v) is 4.43. The zero-order valence-electron chi connectivity index (χ0n) is 10.5. The van der Waals surface area contributed by atoms with E-state index in [0.717, 1.165) is 5.56 Å². The molecule has 0 bridgehead atoms. The van der Waals surface area contributed by atoms with Gasteiger partial charge in [0, 0.05) is 30.1 Å². The van der Waals surface area contributed by atoms with Gasteiger partial charge < -0.3 is 4.57 Å². The van der Waals surface area contributed by atoms with Crippen LogP contribution in [0.2, 0.25) is 0 Å². The quantitative estimate of drug-likeness (QED) is 0.774. The molecule has 92 valence electrons. The van der Waals surface area contributed by atoms with Gasteiger partial charge in [-0.1, -0.05) is 12.1 Å². The van der Waals surface area contributed by atoms with E-state index in [1.54, 1.807) is 17.0 Å². The molecule has 0 amide bonds. The van der Waals surface area contributed by atoms with Crippen LogP contribution in [0.4, 0.5) is 0 Å². The van der Waals surface area contributed by atoms with Gasteiger partial charge in [-0.2, -0.15) is 0 Å². The van der Waals surface area contributed by atoms with Crippen LogP contribution in [0.1, 0.15) is 21.5 Å². The van der Waals surface area contributed by atoms with Gasteiger partial charge in [0.05, 0.1) is 6.54 Å². The van der Waals surface area contributed by atoms with E-state index in [1.165, 1.54) is 17.7 Å². The summed E-state index contributed by atoms with van der Waals surface area (Å²) in [6.45, 7) is 4.26. The minimum Gasteiger partial charge on any atom is -0.346 e. The van der Waals surface area contributed by atoms with Crippen LogP contribution in [0.25, 0.3) is 0 Å². The van der Waals surface area contributed by atoms with Crippen LogP contribution >= 0.6 is 0 Å². The fourth-order valence-corrected chi connectivity index (χ4v) is 1.72. The van der Waals surface area contributed by atoms with Crippen molar-refractivity contribution in [2.24, 2.45) is 0 Å². The molecule has 3 heteroatoms. The van der Waals surface area contributed by atoms with Gasteiger partial charge in [0.25, 0.3) is 0 Å². The topological polar surface area (TPSA) is 39.1 Å². The molecule has 2 aromatic rings. The standard InChI is InChI=1S/C15H15NO2/c1-11-3-4-13(9-12(11)2)15(18)10-16-7-5-14(17)6-8-16/h3-9H,10H2,1-2H3. The third kappa shape index (κ3) is 2.74. The third-order valence-electron chi connectivity index (χ3n) is 3.02. The molecule has 0 radical (unpaired) electrons. The van der Waals surface area contributed by atoms with Crippen LogP contribution in [0.15, 0.2) is 47.5 Å². The first-order valence-corrected chi connectivity index (χ1v) is 5.83. The van der Waals surface area contributed by atoms with Gasteiger partial charge in [-0.25, -0.2) is 0 Å². The number of hydrogen-bond acceptors (Lipinski definition) is 2. The van der Waals surface area contributed by atoms with Crippen molar-refractivity contribution in [2.75, 3.05) is 0 Å². The maximum absolute atomic E-state index is 12.1. The van der Waals surface area contributed by atoms with E-state index in [2.05, 4.69) is 0 Å².